The fourth-order valence-electron chi connectivity index (χ4n) is 1.95. The maximum absolute atomic E-state index is 11.7. The summed E-state index contributed by atoms with van der Waals surface area (Å²) in [6, 6.07) is 0. The molecule has 0 fully saturated rings. The van der Waals surface area contributed by atoms with Gasteiger partial charge in [-0.1, -0.05) is 55.9 Å². The largest absolute Gasteiger partial charge is 0.354 e. The van der Waals surface area contributed by atoms with Gasteiger partial charge in [0, 0.05) is 25.9 Å². The van der Waals surface area contributed by atoms with E-state index < -0.39 is 0 Å². The molecule has 1 rings (SSSR count). The number of allylic oxidation sites excluding steroid dienone is 8. The third-order valence-electron chi connectivity index (χ3n) is 3.23. The number of amides is 2. The first-order valence-electron chi connectivity index (χ1n) is 7.96. The summed E-state index contributed by atoms with van der Waals surface area (Å²) in [5.74, 6) is 0.0689. The highest BCUT2D eigenvalue weighted by atomic mass is 16.2. The number of carbonyl (C=O) groups excluding carboxylic acids is 2. The molecule has 2 amide bonds. The number of nitrogens with one attached hydrogen (secondary N) is 2. The van der Waals surface area contributed by atoms with Crippen LogP contribution in [0.3, 0.4) is 0 Å². The van der Waals surface area contributed by atoms with Crippen molar-refractivity contribution < 1.29 is 9.59 Å². The highest BCUT2D eigenvalue weighted by Gasteiger charge is 2.03. The zero-order valence-corrected chi connectivity index (χ0v) is 13.3. The Morgan fingerprint density at radius 3 is 2.27 bits per heavy atom. The molecule has 22 heavy (non-hydrogen) atoms. The van der Waals surface area contributed by atoms with Crippen molar-refractivity contribution in [2.75, 3.05) is 13.1 Å². The summed E-state index contributed by atoms with van der Waals surface area (Å²) in [4.78, 5) is 23.1. The molecular formula is C18H26N2O2. The molecule has 0 aliphatic heterocycles. The summed E-state index contributed by atoms with van der Waals surface area (Å²) in [5.41, 5.74) is 1.13. The second-order valence-corrected chi connectivity index (χ2v) is 5.17. The molecule has 0 atom stereocenters. The van der Waals surface area contributed by atoms with Crippen molar-refractivity contribution in [1.29, 1.82) is 0 Å². The first-order chi connectivity index (χ1) is 10.7. The van der Waals surface area contributed by atoms with E-state index in [1.807, 2.05) is 42.5 Å². The lowest BCUT2D eigenvalue weighted by molar-refractivity contribution is -0.122. The van der Waals surface area contributed by atoms with Gasteiger partial charge in [0.05, 0.1) is 0 Å². The first-order valence-corrected chi connectivity index (χ1v) is 7.96. The van der Waals surface area contributed by atoms with Gasteiger partial charge in [-0.25, -0.2) is 0 Å². The molecule has 0 bridgehead atoms. The Balaban J connectivity index is 2.12. The second-order valence-electron chi connectivity index (χ2n) is 5.17. The van der Waals surface area contributed by atoms with Gasteiger partial charge in [-0.15, -0.1) is 0 Å². The van der Waals surface area contributed by atoms with Crippen molar-refractivity contribution >= 4 is 11.8 Å². The summed E-state index contributed by atoms with van der Waals surface area (Å²) in [7, 11) is 0. The Morgan fingerprint density at radius 2 is 1.55 bits per heavy atom. The van der Waals surface area contributed by atoms with Gasteiger partial charge in [-0.2, -0.15) is 0 Å². The summed E-state index contributed by atoms with van der Waals surface area (Å²) >= 11 is 0. The normalized spacial score (nSPS) is 20.0. The molecule has 0 aromatic heterocycles. The molecule has 1 aliphatic rings. The molecule has 0 heterocycles. The van der Waals surface area contributed by atoms with Crippen LogP contribution in [-0.4, -0.2) is 24.9 Å². The molecule has 0 aromatic carbocycles. The molecule has 0 aromatic rings. The Kier molecular flexibility index (Phi) is 9.42. The minimum atomic E-state index is 0.0127. The minimum absolute atomic E-state index is 0.0127. The third-order valence-corrected chi connectivity index (χ3v) is 3.23. The monoisotopic (exact) mass is 302 g/mol. The molecule has 120 valence electrons. The van der Waals surface area contributed by atoms with Crippen LogP contribution in [0.4, 0.5) is 0 Å². The van der Waals surface area contributed by atoms with E-state index in [-0.39, 0.29) is 11.8 Å². The molecule has 0 unspecified atom stereocenters. The fraction of sp³-hybridized carbons (Fsp3) is 0.444. The number of unbranched alkanes of at least 4 members (excludes halogenated alkanes) is 1. The average Bonchev–Trinajstić information content (AvgIpc) is 2.48. The number of hydrogen-bond acceptors (Lipinski definition) is 2. The summed E-state index contributed by atoms with van der Waals surface area (Å²) in [6.07, 6.45) is 17.5. The van der Waals surface area contributed by atoms with Crippen molar-refractivity contribution in [2.24, 2.45) is 0 Å². The van der Waals surface area contributed by atoms with Crippen LogP contribution in [0.5, 0.6) is 0 Å². The van der Waals surface area contributed by atoms with E-state index in [2.05, 4.69) is 17.6 Å². The van der Waals surface area contributed by atoms with Crippen molar-refractivity contribution in [3.05, 3.63) is 48.1 Å². The average molecular weight is 302 g/mol. The Morgan fingerprint density at radius 1 is 0.909 bits per heavy atom. The SMILES string of the molecule is CCCCC(=O)NCCNC(=O)CCC1=C/C=C\C=C/C=C\1. The first kappa shape index (κ1) is 18.0. The Bertz CT molecular complexity index is 473. The van der Waals surface area contributed by atoms with E-state index in [9.17, 15) is 9.59 Å². The molecule has 4 heteroatoms. The summed E-state index contributed by atoms with van der Waals surface area (Å²) < 4.78 is 0. The zero-order valence-electron chi connectivity index (χ0n) is 13.3. The lowest BCUT2D eigenvalue weighted by atomic mass is 10.1. The van der Waals surface area contributed by atoms with E-state index in [0.29, 0.717) is 32.4 Å². The number of hydrogen-bond donors (Lipinski definition) is 2. The van der Waals surface area contributed by atoms with Gasteiger partial charge in [0.25, 0.3) is 0 Å². The van der Waals surface area contributed by atoms with Gasteiger partial charge < -0.3 is 10.6 Å². The second kappa shape index (κ2) is 11.5. The van der Waals surface area contributed by atoms with Gasteiger partial charge in [0.1, 0.15) is 0 Å². The van der Waals surface area contributed by atoms with Gasteiger partial charge in [-0.05, 0) is 18.4 Å². The maximum Gasteiger partial charge on any atom is 0.220 e. The van der Waals surface area contributed by atoms with Crippen LogP contribution in [0.1, 0.15) is 39.0 Å². The topological polar surface area (TPSA) is 58.2 Å². The predicted molar refractivity (Wildman–Crippen MR) is 90.3 cm³/mol. The minimum Gasteiger partial charge on any atom is -0.354 e. The van der Waals surface area contributed by atoms with Gasteiger partial charge >= 0.3 is 0 Å². The van der Waals surface area contributed by atoms with Gasteiger partial charge in [0.15, 0.2) is 0 Å². The van der Waals surface area contributed by atoms with Crippen LogP contribution in [0, 0.1) is 0 Å². The highest BCUT2D eigenvalue weighted by molar-refractivity contribution is 5.77. The predicted octanol–water partition coefficient (Wildman–Crippen LogP) is 2.80. The zero-order chi connectivity index (χ0) is 16.0. The van der Waals surface area contributed by atoms with Gasteiger partial charge in [0.2, 0.25) is 11.8 Å². The Hall–Kier alpha value is -2.10. The van der Waals surface area contributed by atoms with Crippen LogP contribution >= 0.6 is 0 Å². The van der Waals surface area contributed by atoms with Crippen LogP contribution in [-0.2, 0) is 9.59 Å². The van der Waals surface area contributed by atoms with Crippen LogP contribution in [0.2, 0.25) is 0 Å². The molecule has 0 saturated carbocycles. The lowest BCUT2D eigenvalue weighted by Crippen LogP contribution is -2.34. The third kappa shape index (κ3) is 8.95. The van der Waals surface area contributed by atoms with Crippen molar-refractivity contribution in [2.45, 2.75) is 39.0 Å². The fourth-order valence-corrected chi connectivity index (χ4v) is 1.95. The van der Waals surface area contributed by atoms with Crippen molar-refractivity contribution in [3.63, 3.8) is 0 Å². The molecule has 0 spiro atoms. The van der Waals surface area contributed by atoms with E-state index in [1.165, 1.54) is 0 Å². The standard InChI is InChI=1S/C18H26N2O2/c1-2-3-11-17(21)19-14-15-20-18(22)13-12-16-9-7-5-4-6-8-10-16/h4-10H,2-3,11-15H2,1H3,(H,19,21)(H,20,22)/b5-4-,6-4?,7-5?,8-6-,9-7-,10-8?,16-9?,16-10+. The molecule has 4 nitrogen and oxygen atoms in total. The van der Waals surface area contributed by atoms with E-state index in [4.69, 9.17) is 0 Å². The number of carbonyl (C=O) groups is 2. The van der Waals surface area contributed by atoms with Crippen LogP contribution in [0.25, 0.3) is 0 Å². The van der Waals surface area contributed by atoms with E-state index >= 15 is 0 Å². The molecule has 0 saturated heterocycles. The molecule has 2 N–H and O–H groups in total. The lowest BCUT2D eigenvalue weighted by Gasteiger charge is -2.07. The summed E-state index contributed by atoms with van der Waals surface area (Å²) in [6.45, 7) is 3.03. The van der Waals surface area contributed by atoms with E-state index in [0.717, 1.165) is 18.4 Å². The smallest absolute Gasteiger partial charge is 0.220 e. The van der Waals surface area contributed by atoms with Gasteiger partial charge in [-0.3, -0.25) is 9.59 Å². The van der Waals surface area contributed by atoms with Crippen LogP contribution in [0.15, 0.2) is 48.1 Å². The Labute approximate surface area is 133 Å². The van der Waals surface area contributed by atoms with Crippen LogP contribution < -0.4 is 10.6 Å². The molecular weight excluding hydrogens is 276 g/mol. The maximum atomic E-state index is 11.7. The van der Waals surface area contributed by atoms with E-state index in [1.54, 1.807) is 0 Å². The summed E-state index contributed by atoms with van der Waals surface area (Å²) in [5, 5.41) is 5.63. The van der Waals surface area contributed by atoms with Crippen molar-refractivity contribution in [3.8, 4) is 0 Å². The van der Waals surface area contributed by atoms with Crippen molar-refractivity contribution in [1.82, 2.24) is 10.6 Å². The quantitative estimate of drug-likeness (QED) is 0.643. The molecule has 1 aliphatic carbocycles. The number of rotatable bonds is 9. The highest BCUT2D eigenvalue weighted by Crippen LogP contribution is 2.09. The molecule has 0 radical (unpaired) electrons.